The molecule has 0 radical (unpaired) electrons. The SMILES string of the molecule is CC(NCC1CCC(O)C1)c1cccc(Cl)c1Cl. The van der Waals surface area contributed by atoms with Crippen LogP contribution in [0.25, 0.3) is 0 Å². The number of halogens is 2. The zero-order chi connectivity index (χ0) is 13.1. The van der Waals surface area contributed by atoms with E-state index in [-0.39, 0.29) is 12.1 Å². The molecule has 0 spiro atoms. The molecule has 3 unspecified atom stereocenters. The van der Waals surface area contributed by atoms with Crippen LogP contribution in [0.1, 0.15) is 37.8 Å². The molecule has 1 aromatic rings. The van der Waals surface area contributed by atoms with Gasteiger partial charge in [-0.2, -0.15) is 0 Å². The van der Waals surface area contributed by atoms with Crippen LogP contribution >= 0.6 is 23.2 Å². The summed E-state index contributed by atoms with van der Waals surface area (Å²) in [5, 5.41) is 14.2. The van der Waals surface area contributed by atoms with Crippen LogP contribution in [-0.2, 0) is 0 Å². The van der Waals surface area contributed by atoms with Crippen molar-refractivity contribution < 1.29 is 5.11 Å². The van der Waals surface area contributed by atoms with Gasteiger partial charge in [-0.15, -0.1) is 0 Å². The second-order valence-electron chi connectivity index (χ2n) is 5.11. The molecule has 0 aliphatic heterocycles. The van der Waals surface area contributed by atoms with Crippen molar-refractivity contribution in [2.75, 3.05) is 6.54 Å². The molecular weight excluding hydrogens is 269 g/mol. The molecule has 0 heterocycles. The largest absolute Gasteiger partial charge is 0.393 e. The molecule has 0 aromatic heterocycles. The van der Waals surface area contributed by atoms with Crippen molar-refractivity contribution in [3.05, 3.63) is 33.8 Å². The van der Waals surface area contributed by atoms with Gasteiger partial charge in [0.1, 0.15) is 0 Å². The van der Waals surface area contributed by atoms with E-state index in [1.165, 1.54) is 0 Å². The Balaban J connectivity index is 1.91. The fourth-order valence-electron chi connectivity index (χ4n) is 2.54. The Labute approximate surface area is 118 Å². The molecule has 3 atom stereocenters. The molecule has 2 rings (SSSR count). The standard InChI is InChI=1S/C14H19Cl2NO/c1-9(12-3-2-4-13(15)14(12)16)17-8-10-5-6-11(18)7-10/h2-4,9-11,17-18H,5-8H2,1H3. The van der Waals surface area contributed by atoms with Gasteiger partial charge in [0.2, 0.25) is 0 Å². The van der Waals surface area contributed by atoms with Crippen LogP contribution in [0, 0.1) is 5.92 Å². The third kappa shape index (κ3) is 3.39. The molecule has 1 aliphatic carbocycles. The van der Waals surface area contributed by atoms with Crippen LogP contribution in [0.2, 0.25) is 10.0 Å². The molecule has 0 saturated heterocycles. The Kier molecular flexibility index (Phi) is 4.91. The van der Waals surface area contributed by atoms with Gasteiger partial charge in [-0.25, -0.2) is 0 Å². The first-order chi connectivity index (χ1) is 8.58. The van der Waals surface area contributed by atoms with Crippen molar-refractivity contribution in [2.24, 2.45) is 5.92 Å². The molecule has 0 bridgehead atoms. The zero-order valence-corrected chi connectivity index (χ0v) is 12.0. The highest BCUT2D eigenvalue weighted by Crippen LogP contribution is 2.30. The topological polar surface area (TPSA) is 32.3 Å². The average molecular weight is 288 g/mol. The molecule has 2 nitrogen and oxygen atoms in total. The van der Waals surface area contributed by atoms with E-state index in [2.05, 4.69) is 12.2 Å². The summed E-state index contributed by atoms with van der Waals surface area (Å²) in [5.74, 6) is 0.570. The Hall–Kier alpha value is -0.280. The lowest BCUT2D eigenvalue weighted by Gasteiger charge is -2.19. The minimum absolute atomic E-state index is 0.109. The Bertz CT molecular complexity index is 411. The number of rotatable bonds is 4. The Morgan fingerprint density at radius 1 is 1.39 bits per heavy atom. The lowest BCUT2D eigenvalue weighted by atomic mass is 10.1. The zero-order valence-electron chi connectivity index (χ0n) is 10.5. The summed E-state index contributed by atoms with van der Waals surface area (Å²) in [4.78, 5) is 0. The first-order valence-corrected chi connectivity index (χ1v) is 7.19. The van der Waals surface area contributed by atoms with Crippen molar-refractivity contribution in [2.45, 2.75) is 38.3 Å². The summed E-state index contributed by atoms with van der Waals surface area (Å²) in [6.07, 6.45) is 2.83. The van der Waals surface area contributed by atoms with E-state index in [1.54, 1.807) is 6.07 Å². The second-order valence-corrected chi connectivity index (χ2v) is 5.89. The van der Waals surface area contributed by atoms with Gasteiger partial charge in [-0.1, -0.05) is 35.3 Å². The van der Waals surface area contributed by atoms with Gasteiger partial charge in [0, 0.05) is 6.04 Å². The Morgan fingerprint density at radius 3 is 2.83 bits per heavy atom. The minimum atomic E-state index is -0.109. The van der Waals surface area contributed by atoms with Gasteiger partial charge in [0.05, 0.1) is 16.1 Å². The van der Waals surface area contributed by atoms with Crippen LogP contribution in [0.5, 0.6) is 0 Å². The summed E-state index contributed by atoms with van der Waals surface area (Å²) in [5.41, 5.74) is 1.03. The monoisotopic (exact) mass is 287 g/mol. The summed E-state index contributed by atoms with van der Waals surface area (Å²) >= 11 is 12.2. The van der Waals surface area contributed by atoms with Crippen LogP contribution in [0.3, 0.4) is 0 Å². The third-order valence-electron chi connectivity index (χ3n) is 3.67. The number of hydrogen-bond acceptors (Lipinski definition) is 2. The molecule has 1 aliphatic rings. The highest BCUT2D eigenvalue weighted by molar-refractivity contribution is 6.42. The van der Waals surface area contributed by atoms with E-state index < -0.39 is 0 Å². The molecule has 1 fully saturated rings. The summed E-state index contributed by atoms with van der Waals surface area (Å²) in [6, 6.07) is 5.89. The molecule has 4 heteroatoms. The fourth-order valence-corrected chi connectivity index (χ4v) is 3.01. The Morgan fingerprint density at radius 2 is 2.17 bits per heavy atom. The van der Waals surface area contributed by atoms with E-state index in [0.29, 0.717) is 16.0 Å². The van der Waals surface area contributed by atoms with Crippen molar-refractivity contribution in [1.29, 1.82) is 0 Å². The normalized spacial score (nSPS) is 25.3. The molecule has 2 N–H and O–H groups in total. The van der Waals surface area contributed by atoms with Crippen LogP contribution < -0.4 is 5.32 Å². The number of aliphatic hydroxyl groups is 1. The lowest BCUT2D eigenvalue weighted by Crippen LogP contribution is -2.25. The fraction of sp³-hybridized carbons (Fsp3) is 0.571. The van der Waals surface area contributed by atoms with E-state index in [0.717, 1.165) is 31.4 Å². The molecule has 18 heavy (non-hydrogen) atoms. The highest BCUT2D eigenvalue weighted by atomic mass is 35.5. The van der Waals surface area contributed by atoms with Crippen LogP contribution in [0.15, 0.2) is 18.2 Å². The number of benzene rings is 1. The predicted molar refractivity (Wildman–Crippen MR) is 76.2 cm³/mol. The highest BCUT2D eigenvalue weighted by Gasteiger charge is 2.23. The first-order valence-electron chi connectivity index (χ1n) is 6.43. The first kappa shape index (κ1) is 14.1. The maximum atomic E-state index is 9.50. The quantitative estimate of drug-likeness (QED) is 0.883. The number of nitrogens with one attached hydrogen (secondary N) is 1. The molecule has 100 valence electrons. The van der Waals surface area contributed by atoms with E-state index in [1.807, 2.05) is 12.1 Å². The van der Waals surface area contributed by atoms with Gasteiger partial charge in [-0.3, -0.25) is 0 Å². The van der Waals surface area contributed by atoms with Crippen molar-refractivity contribution >= 4 is 23.2 Å². The van der Waals surface area contributed by atoms with Gasteiger partial charge in [0.15, 0.2) is 0 Å². The molecule has 0 amide bonds. The molecule has 1 saturated carbocycles. The third-order valence-corrected chi connectivity index (χ3v) is 4.51. The van der Waals surface area contributed by atoms with E-state index in [4.69, 9.17) is 23.2 Å². The summed E-state index contributed by atoms with van der Waals surface area (Å²) in [6.45, 7) is 3.00. The van der Waals surface area contributed by atoms with Gasteiger partial charge in [0.25, 0.3) is 0 Å². The average Bonchev–Trinajstić information content (AvgIpc) is 2.76. The van der Waals surface area contributed by atoms with Gasteiger partial charge < -0.3 is 10.4 Å². The van der Waals surface area contributed by atoms with Gasteiger partial charge >= 0.3 is 0 Å². The second kappa shape index (κ2) is 6.25. The molecular formula is C14H19Cl2NO. The number of aliphatic hydroxyl groups excluding tert-OH is 1. The van der Waals surface area contributed by atoms with Crippen molar-refractivity contribution in [3.63, 3.8) is 0 Å². The van der Waals surface area contributed by atoms with Crippen LogP contribution in [0.4, 0.5) is 0 Å². The smallest absolute Gasteiger partial charge is 0.0639 e. The van der Waals surface area contributed by atoms with Crippen LogP contribution in [-0.4, -0.2) is 17.8 Å². The maximum Gasteiger partial charge on any atom is 0.0639 e. The predicted octanol–water partition coefficient (Wildman–Crippen LogP) is 3.81. The summed E-state index contributed by atoms with van der Waals surface area (Å²) < 4.78 is 0. The maximum absolute atomic E-state index is 9.50. The lowest BCUT2D eigenvalue weighted by molar-refractivity contribution is 0.177. The van der Waals surface area contributed by atoms with Crippen molar-refractivity contribution in [3.8, 4) is 0 Å². The van der Waals surface area contributed by atoms with Crippen molar-refractivity contribution in [1.82, 2.24) is 5.32 Å². The van der Waals surface area contributed by atoms with E-state index >= 15 is 0 Å². The summed E-state index contributed by atoms with van der Waals surface area (Å²) in [7, 11) is 0. The van der Waals surface area contributed by atoms with E-state index in [9.17, 15) is 5.11 Å². The number of hydrogen-bond donors (Lipinski definition) is 2. The van der Waals surface area contributed by atoms with Gasteiger partial charge in [-0.05, 0) is 50.3 Å². The minimum Gasteiger partial charge on any atom is -0.393 e. The molecule has 1 aromatic carbocycles.